The van der Waals surface area contributed by atoms with Crippen LogP contribution in [0.5, 0.6) is 0 Å². The Kier molecular flexibility index (Phi) is 5.62. The molecule has 0 unspecified atom stereocenters. The Hall–Kier alpha value is -1.69. The monoisotopic (exact) mass is 371 g/mol. The minimum atomic E-state index is 0.276. The highest BCUT2D eigenvalue weighted by Crippen LogP contribution is 2.26. The second-order valence-electron chi connectivity index (χ2n) is 8.73. The van der Waals surface area contributed by atoms with Crippen molar-refractivity contribution in [3.05, 3.63) is 17.5 Å². The molecule has 1 saturated carbocycles. The van der Waals surface area contributed by atoms with Gasteiger partial charge in [-0.2, -0.15) is 0 Å². The Balaban J connectivity index is 1.37. The molecule has 1 aliphatic carbocycles. The van der Waals surface area contributed by atoms with E-state index in [2.05, 4.69) is 28.6 Å². The van der Waals surface area contributed by atoms with E-state index in [1.165, 1.54) is 24.8 Å². The third-order valence-electron chi connectivity index (χ3n) is 6.33. The Morgan fingerprint density at radius 2 is 1.85 bits per heavy atom. The molecule has 1 saturated heterocycles. The van der Waals surface area contributed by atoms with Crippen molar-refractivity contribution in [2.75, 3.05) is 44.2 Å². The molecule has 27 heavy (non-hydrogen) atoms. The van der Waals surface area contributed by atoms with Crippen molar-refractivity contribution in [3.63, 3.8) is 0 Å². The quantitative estimate of drug-likeness (QED) is 0.812. The highest BCUT2D eigenvalue weighted by molar-refractivity contribution is 5.76. The van der Waals surface area contributed by atoms with Crippen molar-refractivity contribution in [3.8, 4) is 0 Å². The predicted octanol–water partition coefficient (Wildman–Crippen LogP) is 2.12. The van der Waals surface area contributed by atoms with Gasteiger partial charge in [0.1, 0.15) is 0 Å². The number of rotatable bonds is 4. The Morgan fingerprint density at radius 3 is 2.52 bits per heavy atom. The number of fused-ring (bicyclic) bond motifs is 1. The van der Waals surface area contributed by atoms with Gasteiger partial charge in [-0.15, -0.1) is 0 Å². The third kappa shape index (κ3) is 4.26. The maximum Gasteiger partial charge on any atom is 0.225 e. The van der Waals surface area contributed by atoms with E-state index >= 15 is 0 Å². The van der Waals surface area contributed by atoms with E-state index in [4.69, 9.17) is 4.98 Å². The van der Waals surface area contributed by atoms with Gasteiger partial charge in [0.25, 0.3) is 0 Å². The highest BCUT2D eigenvalue weighted by atomic mass is 16.2. The number of carbonyl (C=O) groups excluding carboxylic acids is 1. The Labute approximate surface area is 162 Å². The molecule has 148 valence electrons. The number of hydrogen-bond donors (Lipinski definition) is 0. The average Bonchev–Trinajstić information content (AvgIpc) is 2.82. The van der Waals surface area contributed by atoms with Gasteiger partial charge in [-0.05, 0) is 30.7 Å². The van der Waals surface area contributed by atoms with Crippen LogP contribution in [-0.4, -0.2) is 71.0 Å². The molecular formula is C21H33N5O. The lowest BCUT2D eigenvalue weighted by Crippen LogP contribution is -2.52. The molecular weight excluding hydrogens is 338 g/mol. The fourth-order valence-corrected chi connectivity index (χ4v) is 4.38. The minimum absolute atomic E-state index is 0.276. The van der Waals surface area contributed by atoms with Gasteiger partial charge < -0.3 is 9.80 Å². The van der Waals surface area contributed by atoms with Crippen molar-refractivity contribution >= 4 is 11.9 Å². The maximum absolute atomic E-state index is 12.4. The number of aromatic nitrogens is 2. The number of piperazine rings is 1. The highest BCUT2D eigenvalue weighted by Gasteiger charge is 2.29. The van der Waals surface area contributed by atoms with Crippen LogP contribution in [0, 0.1) is 5.92 Å². The summed E-state index contributed by atoms with van der Waals surface area (Å²) >= 11 is 0. The second kappa shape index (κ2) is 8.13. The molecule has 0 radical (unpaired) electrons. The second-order valence-corrected chi connectivity index (χ2v) is 8.73. The van der Waals surface area contributed by atoms with Crippen molar-refractivity contribution < 1.29 is 4.79 Å². The SMILES string of the molecule is CC(C)CC(=O)N1CCc2cnc(N3CCN(C4CCC4)CC3)nc2CC1. The summed E-state index contributed by atoms with van der Waals surface area (Å²) in [6.07, 6.45) is 8.51. The van der Waals surface area contributed by atoms with Gasteiger partial charge in [-0.25, -0.2) is 9.97 Å². The van der Waals surface area contributed by atoms with Crippen LogP contribution in [0.25, 0.3) is 0 Å². The van der Waals surface area contributed by atoms with E-state index in [9.17, 15) is 4.79 Å². The summed E-state index contributed by atoms with van der Waals surface area (Å²) in [5.74, 6) is 1.56. The third-order valence-corrected chi connectivity index (χ3v) is 6.33. The van der Waals surface area contributed by atoms with Crippen molar-refractivity contribution in [2.45, 2.75) is 58.4 Å². The van der Waals surface area contributed by atoms with E-state index in [-0.39, 0.29) is 5.91 Å². The standard InChI is InChI=1S/C21H33N5O/c1-16(2)14-20(27)25-8-6-17-15-22-21(23-19(17)7-9-25)26-12-10-24(11-13-26)18-4-3-5-18/h15-16,18H,3-14H2,1-2H3. The van der Waals surface area contributed by atoms with Gasteiger partial charge >= 0.3 is 0 Å². The van der Waals surface area contributed by atoms with Crippen LogP contribution in [0.4, 0.5) is 5.95 Å². The van der Waals surface area contributed by atoms with Gasteiger partial charge in [-0.3, -0.25) is 9.69 Å². The van der Waals surface area contributed by atoms with Crippen LogP contribution in [0.1, 0.15) is 50.8 Å². The van der Waals surface area contributed by atoms with Gasteiger partial charge in [0, 0.05) is 64.3 Å². The normalized spacial score (nSPS) is 21.7. The summed E-state index contributed by atoms with van der Waals surface area (Å²) in [5.41, 5.74) is 2.35. The van der Waals surface area contributed by atoms with Gasteiger partial charge in [0.05, 0.1) is 5.69 Å². The zero-order chi connectivity index (χ0) is 18.8. The van der Waals surface area contributed by atoms with Crippen LogP contribution in [0.3, 0.4) is 0 Å². The zero-order valence-corrected chi connectivity index (χ0v) is 16.9. The maximum atomic E-state index is 12.4. The largest absolute Gasteiger partial charge is 0.342 e. The van der Waals surface area contributed by atoms with Crippen molar-refractivity contribution in [1.82, 2.24) is 19.8 Å². The minimum Gasteiger partial charge on any atom is -0.342 e. The van der Waals surface area contributed by atoms with Crippen LogP contribution < -0.4 is 4.90 Å². The number of nitrogens with zero attached hydrogens (tertiary/aromatic N) is 5. The lowest BCUT2D eigenvalue weighted by Gasteiger charge is -2.43. The molecule has 0 bridgehead atoms. The number of carbonyl (C=O) groups is 1. The first-order chi connectivity index (χ1) is 13.1. The van der Waals surface area contributed by atoms with Crippen LogP contribution in [0.2, 0.25) is 0 Å². The predicted molar refractivity (Wildman–Crippen MR) is 107 cm³/mol. The van der Waals surface area contributed by atoms with E-state index in [1.54, 1.807) is 0 Å². The van der Waals surface area contributed by atoms with Gasteiger partial charge in [-0.1, -0.05) is 20.3 Å². The van der Waals surface area contributed by atoms with Crippen molar-refractivity contribution in [2.24, 2.45) is 5.92 Å². The van der Waals surface area contributed by atoms with Gasteiger partial charge in [0.2, 0.25) is 11.9 Å². The van der Waals surface area contributed by atoms with Crippen molar-refractivity contribution in [1.29, 1.82) is 0 Å². The van der Waals surface area contributed by atoms with Gasteiger partial charge in [0.15, 0.2) is 0 Å². The van der Waals surface area contributed by atoms with E-state index < -0.39 is 0 Å². The molecule has 1 aromatic heterocycles. The molecule has 1 amide bonds. The zero-order valence-electron chi connectivity index (χ0n) is 16.9. The molecule has 0 N–H and O–H groups in total. The molecule has 6 nitrogen and oxygen atoms in total. The average molecular weight is 372 g/mol. The van der Waals surface area contributed by atoms with Crippen LogP contribution >= 0.6 is 0 Å². The molecule has 3 heterocycles. The lowest BCUT2D eigenvalue weighted by molar-refractivity contribution is -0.131. The lowest BCUT2D eigenvalue weighted by atomic mass is 9.91. The molecule has 3 aliphatic rings. The first-order valence-electron chi connectivity index (χ1n) is 10.7. The molecule has 4 rings (SSSR count). The molecule has 2 fully saturated rings. The fraction of sp³-hybridized carbons (Fsp3) is 0.762. The van der Waals surface area contributed by atoms with E-state index in [0.717, 1.165) is 69.8 Å². The Morgan fingerprint density at radius 1 is 1.11 bits per heavy atom. The number of anilines is 1. The molecule has 0 atom stereocenters. The van der Waals surface area contributed by atoms with Crippen LogP contribution in [-0.2, 0) is 17.6 Å². The first kappa shape index (κ1) is 18.7. The summed E-state index contributed by atoms with van der Waals surface area (Å²) < 4.78 is 0. The summed E-state index contributed by atoms with van der Waals surface area (Å²) in [6, 6.07) is 0.828. The summed E-state index contributed by atoms with van der Waals surface area (Å²) in [6.45, 7) is 10.1. The Bertz CT molecular complexity index is 665. The summed E-state index contributed by atoms with van der Waals surface area (Å²) in [7, 11) is 0. The number of amides is 1. The smallest absolute Gasteiger partial charge is 0.225 e. The molecule has 2 aliphatic heterocycles. The molecule has 0 aromatic carbocycles. The topological polar surface area (TPSA) is 52.6 Å². The summed E-state index contributed by atoms with van der Waals surface area (Å²) in [5, 5.41) is 0. The summed E-state index contributed by atoms with van der Waals surface area (Å²) in [4.78, 5) is 29.0. The van der Waals surface area contributed by atoms with E-state index in [0.29, 0.717) is 12.3 Å². The van der Waals surface area contributed by atoms with E-state index in [1.807, 2.05) is 11.1 Å². The number of hydrogen-bond acceptors (Lipinski definition) is 5. The molecule has 6 heteroatoms. The fourth-order valence-electron chi connectivity index (χ4n) is 4.38. The first-order valence-corrected chi connectivity index (χ1v) is 10.7. The molecule has 1 aromatic rings. The van der Waals surface area contributed by atoms with Crippen LogP contribution in [0.15, 0.2) is 6.20 Å². The molecule has 0 spiro atoms.